The molecule has 3 aromatic rings. The van der Waals surface area contributed by atoms with Gasteiger partial charge in [-0.25, -0.2) is 14.4 Å². The number of benzene rings is 3. The lowest BCUT2D eigenvalue weighted by molar-refractivity contribution is 0.0632. The maximum Gasteiger partial charge on any atom is 0.511 e. The van der Waals surface area contributed by atoms with Gasteiger partial charge >= 0.3 is 18.5 Å². The molecule has 2 aliphatic carbocycles. The van der Waals surface area contributed by atoms with E-state index in [4.69, 9.17) is 19.3 Å². The fourth-order valence-corrected chi connectivity index (χ4v) is 6.05. The van der Waals surface area contributed by atoms with Gasteiger partial charge in [0.1, 0.15) is 5.75 Å². The molecular weight excluding hydrogens is 586 g/mol. The van der Waals surface area contributed by atoms with Gasteiger partial charge in [-0.15, -0.1) is 0 Å². The maximum atomic E-state index is 14.5. The summed E-state index contributed by atoms with van der Waals surface area (Å²) in [6.45, 7) is 0.0920. The molecule has 0 radical (unpaired) electrons. The van der Waals surface area contributed by atoms with Gasteiger partial charge in [0, 0.05) is 18.7 Å². The molecule has 0 saturated heterocycles. The van der Waals surface area contributed by atoms with Crippen LogP contribution in [0.1, 0.15) is 78.0 Å². The molecule has 12 heteroatoms. The highest BCUT2D eigenvalue weighted by Crippen LogP contribution is 2.40. The summed E-state index contributed by atoms with van der Waals surface area (Å²) in [5.41, 5.74) is 2.40. The van der Waals surface area contributed by atoms with Gasteiger partial charge in [-0.1, -0.05) is 42.8 Å². The number of ether oxygens (including phenoxy) is 4. The lowest BCUT2D eigenvalue weighted by Crippen LogP contribution is -2.36. The van der Waals surface area contributed by atoms with Crippen molar-refractivity contribution in [1.82, 2.24) is 4.90 Å². The number of hydrogen-bond donors (Lipinski definition) is 3. The molecule has 0 unspecified atom stereocenters. The number of fused-ring (bicyclic) bond motifs is 1. The summed E-state index contributed by atoms with van der Waals surface area (Å²) in [5.74, 6) is -1.86. The number of rotatable bonds is 9. The Labute approximate surface area is 258 Å². The van der Waals surface area contributed by atoms with Gasteiger partial charge < -0.3 is 39.2 Å². The Bertz CT molecular complexity index is 1580. The molecule has 2 aliphatic rings. The second kappa shape index (κ2) is 14.0. The third-order valence-electron chi connectivity index (χ3n) is 7.95. The third-order valence-corrected chi connectivity index (χ3v) is 7.95. The minimum Gasteiger partial charge on any atom is -0.490 e. The maximum absolute atomic E-state index is 14.5. The predicted molar refractivity (Wildman–Crippen MR) is 158 cm³/mol. The van der Waals surface area contributed by atoms with Crippen LogP contribution in [-0.2, 0) is 13.0 Å². The first kappa shape index (κ1) is 31.2. The van der Waals surface area contributed by atoms with Gasteiger partial charge in [-0.05, 0) is 73.8 Å². The zero-order valence-corrected chi connectivity index (χ0v) is 24.3. The zero-order valence-electron chi connectivity index (χ0n) is 24.3. The first-order valence-electron chi connectivity index (χ1n) is 14.7. The first-order valence-corrected chi connectivity index (χ1v) is 14.7. The predicted octanol–water partition coefficient (Wildman–Crippen LogP) is 7.29. The van der Waals surface area contributed by atoms with Crippen molar-refractivity contribution in [2.45, 2.75) is 70.1 Å². The lowest BCUT2D eigenvalue weighted by atomic mass is 9.86. The van der Waals surface area contributed by atoms with Crippen LogP contribution in [0.2, 0.25) is 0 Å². The zero-order chi connectivity index (χ0) is 31.9. The van der Waals surface area contributed by atoms with Crippen molar-refractivity contribution in [3.8, 4) is 23.0 Å². The van der Waals surface area contributed by atoms with Crippen LogP contribution < -0.4 is 18.9 Å². The molecule has 0 heterocycles. The summed E-state index contributed by atoms with van der Waals surface area (Å²) in [5, 5.41) is 27.9. The van der Waals surface area contributed by atoms with Crippen molar-refractivity contribution in [3.63, 3.8) is 0 Å². The molecule has 0 aliphatic heterocycles. The fourth-order valence-electron chi connectivity index (χ4n) is 6.05. The number of carboxylic acid groups (broad SMARTS) is 3. The van der Waals surface area contributed by atoms with Crippen molar-refractivity contribution in [2.24, 2.45) is 0 Å². The van der Waals surface area contributed by atoms with Crippen molar-refractivity contribution in [2.75, 3.05) is 0 Å². The van der Waals surface area contributed by atoms with Crippen LogP contribution in [0, 0.1) is 0 Å². The highest BCUT2D eigenvalue weighted by molar-refractivity contribution is 5.99. The summed E-state index contributed by atoms with van der Waals surface area (Å²) < 4.78 is 20.5. The Morgan fingerprint density at radius 1 is 0.711 bits per heavy atom. The second-order valence-electron chi connectivity index (χ2n) is 11.0. The number of nitrogens with zero attached hydrogens (tertiary/aromatic N) is 1. The van der Waals surface area contributed by atoms with E-state index < -0.39 is 47.7 Å². The third kappa shape index (κ3) is 7.83. The number of carbonyl (C=O) groups excluding carboxylic acids is 1. The lowest BCUT2D eigenvalue weighted by Gasteiger charge is -2.36. The molecule has 1 saturated carbocycles. The number of aryl methyl sites for hydroxylation is 1. The molecule has 1 atom stereocenters. The van der Waals surface area contributed by atoms with E-state index >= 15 is 0 Å². The van der Waals surface area contributed by atoms with Crippen LogP contribution in [0.25, 0.3) is 0 Å². The van der Waals surface area contributed by atoms with E-state index in [1.807, 2.05) is 48.5 Å². The SMILES string of the molecule is O=C(O)Oc1cc(OC(=O)O)c(C(=O)N(Cc2cccc(OC3CCCCC3)c2)[C@H]2CCCc3ccccc32)cc1OC(=O)O. The molecule has 45 heavy (non-hydrogen) atoms. The monoisotopic (exact) mass is 619 g/mol. The van der Waals surface area contributed by atoms with E-state index in [9.17, 15) is 29.4 Å². The van der Waals surface area contributed by atoms with Gasteiger partial charge in [0.15, 0.2) is 17.2 Å². The Kier molecular flexibility index (Phi) is 9.71. The number of hydrogen-bond acceptors (Lipinski definition) is 8. The van der Waals surface area contributed by atoms with Gasteiger partial charge in [0.05, 0.1) is 17.7 Å². The Balaban J connectivity index is 1.57. The molecule has 236 valence electrons. The first-order chi connectivity index (χ1) is 21.7. The van der Waals surface area contributed by atoms with Crippen LogP contribution in [0.15, 0.2) is 60.7 Å². The van der Waals surface area contributed by atoms with Gasteiger partial charge in [-0.2, -0.15) is 0 Å². The molecule has 3 N–H and O–H groups in total. The standard InChI is InChI=1S/C33H33NO11/c35-30(25-17-28(44-32(38)39)29(45-33(40)41)18-27(25)43-31(36)37)34(26-15-7-10-21-9-4-5-14-24(21)26)19-20-8-6-13-23(16-20)42-22-11-2-1-3-12-22/h4-6,8-9,13-14,16-18,22,26H,1-3,7,10-12,15,19H2,(H,36,37)(H,38,39)(H,40,41)/t26-/m0/s1. The summed E-state index contributed by atoms with van der Waals surface area (Å²) in [6.07, 6.45) is 2.29. The fraction of sp³-hybridized carbons (Fsp3) is 0.333. The normalized spacial score (nSPS) is 16.1. The topological polar surface area (TPSA) is 169 Å². The minimum atomic E-state index is -1.82. The van der Waals surface area contributed by atoms with E-state index in [1.54, 1.807) is 4.90 Å². The van der Waals surface area contributed by atoms with Gasteiger partial charge in [-0.3, -0.25) is 4.79 Å². The molecule has 5 rings (SSSR count). The van der Waals surface area contributed by atoms with Crippen LogP contribution in [0.5, 0.6) is 23.0 Å². The van der Waals surface area contributed by atoms with Crippen molar-refractivity contribution in [3.05, 3.63) is 82.9 Å². The molecule has 12 nitrogen and oxygen atoms in total. The van der Waals surface area contributed by atoms with Crippen LogP contribution in [-0.4, -0.2) is 50.7 Å². The van der Waals surface area contributed by atoms with E-state index in [0.717, 1.165) is 67.3 Å². The summed E-state index contributed by atoms with van der Waals surface area (Å²) in [7, 11) is 0. The Hall–Kier alpha value is -5.26. The van der Waals surface area contributed by atoms with Crippen molar-refractivity contribution in [1.29, 1.82) is 0 Å². The average Bonchev–Trinajstić information content (AvgIpc) is 3.00. The second-order valence-corrected chi connectivity index (χ2v) is 11.0. The minimum absolute atomic E-state index is 0.0920. The van der Waals surface area contributed by atoms with E-state index in [-0.39, 0.29) is 18.2 Å². The van der Waals surface area contributed by atoms with Crippen LogP contribution in [0.3, 0.4) is 0 Å². The summed E-state index contributed by atoms with van der Waals surface area (Å²) in [6, 6.07) is 16.5. The highest BCUT2D eigenvalue weighted by atomic mass is 16.7. The van der Waals surface area contributed by atoms with Crippen LogP contribution >= 0.6 is 0 Å². The quantitative estimate of drug-likeness (QED) is 0.162. The van der Waals surface area contributed by atoms with E-state index in [0.29, 0.717) is 12.2 Å². The summed E-state index contributed by atoms with van der Waals surface area (Å²) >= 11 is 0. The van der Waals surface area contributed by atoms with E-state index in [1.165, 1.54) is 6.42 Å². The molecule has 0 spiro atoms. The number of carbonyl (C=O) groups is 4. The van der Waals surface area contributed by atoms with E-state index in [2.05, 4.69) is 4.74 Å². The Morgan fingerprint density at radius 2 is 1.38 bits per heavy atom. The van der Waals surface area contributed by atoms with Crippen molar-refractivity contribution >= 4 is 24.4 Å². The highest BCUT2D eigenvalue weighted by Gasteiger charge is 2.33. The Morgan fingerprint density at radius 3 is 2.09 bits per heavy atom. The molecule has 0 aromatic heterocycles. The largest absolute Gasteiger partial charge is 0.511 e. The molecule has 1 fully saturated rings. The molecule has 3 aromatic carbocycles. The molecule has 1 amide bonds. The van der Waals surface area contributed by atoms with Crippen LogP contribution in [0.4, 0.5) is 14.4 Å². The smallest absolute Gasteiger partial charge is 0.490 e. The van der Waals surface area contributed by atoms with Gasteiger partial charge in [0.2, 0.25) is 0 Å². The van der Waals surface area contributed by atoms with Gasteiger partial charge in [0.25, 0.3) is 5.91 Å². The molecular formula is C33H33NO11. The summed E-state index contributed by atoms with van der Waals surface area (Å²) in [4.78, 5) is 50.4. The molecule has 0 bridgehead atoms. The van der Waals surface area contributed by atoms with Crippen molar-refractivity contribution < 1.29 is 53.4 Å². The number of amides is 1. The average molecular weight is 620 g/mol.